The summed E-state index contributed by atoms with van der Waals surface area (Å²) in [5.41, 5.74) is 1.28. The summed E-state index contributed by atoms with van der Waals surface area (Å²) >= 11 is 0. The van der Waals surface area contributed by atoms with E-state index in [1.165, 1.54) is 10.5 Å². The first-order valence-corrected chi connectivity index (χ1v) is 11.3. The molecule has 0 aliphatic carbocycles. The minimum absolute atomic E-state index is 0.297. The number of aromatic amines is 1. The number of rotatable bonds is 5. The van der Waals surface area contributed by atoms with Crippen LogP contribution in [0.1, 0.15) is 5.56 Å². The summed E-state index contributed by atoms with van der Waals surface area (Å²) in [5, 5.41) is 0. The zero-order chi connectivity index (χ0) is 21.0. The van der Waals surface area contributed by atoms with Crippen LogP contribution in [0.4, 0.5) is 5.82 Å². The van der Waals surface area contributed by atoms with E-state index >= 15 is 0 Å². The van der Waals surface area contributed by atoms with Crippen molar-refractivity contribution >= 4 is 11.7 Å². The fraction of sp³-hybridized carbons (Fsp3) is 0.478. The van der Waals surface area contributed by atoms with Crippen LogP contribution in [-0.4, -0.2) is 76.5 Å². The van der Waals surface area contributed by atoms with E-state index in [-0.39, 0.29) is 0 Å². The molecule has 3 N–H and O–H groups in total. The molecule has 0 spiro atoms. The summed E-state index contributed by atoms with van der Waals surface area (Å²) in [6.07, 6.45) is 1.95. The van der Waals surface area contributed by atoms with E-state index < -0.39 is 0 Å². The summed E-state index contributed by atoms with van der Waals surface area (Å²) < 4.78 is 10.9. The lowest BCUT2D eigenvalue weighted by molar-refractivity contribution is -1.02. The third kappa shape index (κ3) is 4.75. The van der Waals surface area contributed by atoms with Crippen LogP contribution in [-0.2, 0) is 11.3 Å². The molecule has 1 aromatic heterocycles. The van der Waals surface area contributed by atoms with Gasteiger partial charge in [0.05, 0.1) is 19.3 Å². The lowest BCUT2D eigenvalue weighted by Gasteiger charge is -2.33. The smallest absolute Gasteiger partial charge is 0.278 e. The highest BCUT2D eigenvalue weighted by Crippen LogP contribution is 2.32. The second-order valence-electron chi connectivity index (χ2n) is 8.66. The van der Waals surface area contributed by atoms with Crippen LogP contribution in [0.15, 0.2) is 42.6 Å². The predicted octanol–water partition coefficient (Wildman–Crippen LogP) is -2.14. The van der Waals surface area contributed by atoms with Gasteiger partial charge in [0.25, 0.3) is 11.7 Å². The van der Waals surface area contributed by atoms with E-state index in [0.717, 1.165) is 76.2 Å². The minimum atomic E-state index is 0.297. The van der Waals surface area contributed by atoms with E-state index in [2.05, 4.69) is 28.1 Å². The van der Waals surface area contributed by atoms with Crippen LogP contribution >= 0.6 is 0 Å². The molecule has 0 saturated carbocycles. The van der Waals surface area contributed by atoms with E-state index in [1.807, 2.05) is 29.3 Å². The number of fused-ring (bicyclic) bond motifs is 1. The van der Waals surface area contributed by atoms with E-state index in [0.29, 0.717) is 19.2 Å². The number of H-pyrrole nitrogens is 1. The highest BCUT2D eigenvalue weighted by Gasteiger charge is 2.30. The SMILES string of the molecule is O=C(C[NH+]1CC[NH+](Cc2ccc3c(c2)OCO3)CC1)N1CCN(c2cccc[nH+]2)CC1. The number of nitrogens with one attached hydrogen (secondary N) is 3. The van der Waals surface area contributed by atoms with Crippen LogP contribution in [0.25, 0.3) is 0 Å². The van der Waals surface area contributed by atoms with Crippen LogP contribution in [0.5, 0.6) is 11.5 Å². The number of aromatic nitrogens is 1. The van der Waals surface area contributed by atoms with Crippen molar-refractivity contribution in [3.63, 3.8) is 0 Å². The number of piperazine rings is 2. The lowest BCUT2D eigenvalue weighted by Crippen LogP contribution is -3.28. The lowest BCUT2D eigenvalue weighted by atomic mass is 10.1. The molecule has 31 heavy (non-hydrogen) atoms. The fourth-order valence-corrected chi connectivity index (χ4v) is 4.75. The van der Waals surface area contributed by atoms with Gasteiger partial charge >= 0.3 is 0 Å². The van der Waals surface area contributed by atoms with Crippen molar-refractivity contribution in [1.29, 1.82) is 0 Å². The number of quaternary nitrogens is 2. The molecule has 164 valence electrons. The number of carbonyl (C=O) groups is 1. The third-order valence-electron chi connectivity index (χ3n) is 6.62. The average Bonchev–Trinajstić information content (AvgIpc) is 3.29. The van der Waals surface area contributed by atoms with Gasteiger partial charge in [-0.1, -0.05) is 6.07 Å². The topological polar surface area (TPSA) is 65.0 Å². The van der Waals surface area contributed by atoms with Gasteiger partial charge in [-0.3, -0.25) is 9.69 Å². The second-order valence-corrected chi connectivity index (χ2v) is 8.66. The van der Waals surface area contributed by atoms with Crippen molar-refractivity contribution in [3.8, 4) is 11.5 Å². The highest BCUT2D eigenvalue weighted by molar-refractivity contribution is 5.77. The molecule has 0 atom stereocenters. The Morgan fingerprint density at radius 1 is 0.935 bits per heavy atom. The zero-order valence-corrected chi connectivity index (χ0v) is 17.9. The number of amides is 1. The van der Waals surface area contributed by atoms with Gasteiger partial charge in [0.15, 0.2) is 18.0 Å². The maximum absolute atomic E-state index is 12.8. The molecule has 0 bridgehead atoms. The van der Waals surface area contributed by atoms with Crippen molar-refractivity contribution in [2.45, 2.75) is 6.54 Å². The van der Waals surface area contributed by atoms with Crippen LogP contribution in [0.2, 0.25) is 0 Å². The monoisotopic (exact) mass is 426 g/mol. The Balaban J connectivity index is 1.05. The van der Waals surface area contributed by atoms with Crippen molar-refractivity contribution in [2.24, 2.45) is 0 Å². The number of pyridine rings is 1. The summed E-state index contributed by atoms with van der Waals surface area (Å²) in [6.45, 7) is 9.59. The first-order valence-electron chi connectivity index (χ1n) is 11.3. The molecule has 1 amide bonds. The summed E-state index contributed by atoms with van der Waals surface area (Å²) in [6, 6.07) is 12.4. The maximum atomic E-state index is 12.8. The Morgan fingerprint density at radius 2 is 1.71 bits per heavy atom. The Hall–Kier alpha value is -2.84. The Morgan fingerprint density at radius 3 is 2.48 bits per heavy atom. The van der Waals surface area contributed by atoms with Crippen LogP contribution in [0, 0.1) is 0 Å². The summed E-state index contributed by atoms with van der Waals surface area (Å²) in [7, 11) is 0. The number of anilines is 1. The molecule has 2 fully saturated rings. The normalized spacial score (nSPS) is 23.1. The third-order valence-corrected chi connectivity index (χ3v) is 6.62. The fourth-order valence-electron chi connectivity index (χ4n) is 4.75. The quantitative estimate of drug-likeness (QED) is 0.573. The Labute approximate surface area is 182 Å². The molecule has 2 aromatic rings. The molecule has 4 heterocycles. The van der Waals surface area contributed by atoms with E-state index in [9.17, 15) is 4.79 Å². The standard InChI is InChI=1S/C23H29N5O3/c29-23(28-13-11-27(12-14-28)22-3-1-2-6-24-22)17-26-9-7-25(8-10-26)16-19-4-5-20-21(15-19)31-18-30-20/h1-6,15H,7-14,16-18H2/p+3. The maximum Gasteiger partial charge on any atom is 0.278 e. The van der Waals surface area contributed by atoms with Gasteiger partial charge in [0.2, 0.25) is 6.79 Å². The molecule has 0 radical (unpaired) electrons. The van der Waals surface area contributed by atoms with Crippen molar-refractivity contribution in [1.82, 2.24) is 4.90 Å². The van der Waals surface area contributed by atoms with Gasteiger partial charge in [0.1, 0.15) is 45.8 Å². The number of benzene rings is 1. The molecular formula is C23H32N5O3+3. The molecule has 5 rings (SSSR count). The summed E-state index contributed by atoms with van der Waals surface area (Å²) in [4.78, 5) is 23.5. The van der Waals surface area contributed by atoms with Gasteiger partial charge in [-0.05, 0) is 24.3 Å². The second kappa shape index (κ2) is 9.11. The first-order chi connectivity index (χ1) is 15.2. The molecule has 1 aromatic carbocycles. The summed E-state index contributed by atoms with van der Waals surface area (Å²) in [5.74, 6) is 3.12. The largest absolute Gasteiger partial charge is 0.454 e. The van der Waals surface area contributed by atoms with Gasteiger partial charge in [-0.15, -0.1) is 0 Å². The van der Waals surface area contributed by atoms with Gasteiger partial charge < -0.3 is 24.2 Å². The first kappa shape index (κ1) is 20.1. The van der Waals surface area contributed by atoms with Crippen LogP contribution < -0.4 is 29.2 Å². The molecule has 8 nitrogen and oxygen atoms in total. The molecule has 8 heteroatoms. The number of hydrogen-bond donors (Lipinski definition) is 2. The van der Waals surface area contributed by atoms with Gasteiger partial charge in [0, 0.05) is 11.6 Å². The molecule has 2 saturated heterocycles. The van der Waals surface area contributed by atoms with Gasteiger partial charge in [-0.25, -0.2) is 4.98 Å². The van der Waals surface area contributed by atoms with Crippen LogP contribution in [0.3, 0.4) is 0 Å². The van der Waals surface area contributed by atoms with E-state index in [4.69, 9.17) is 9.47 Å². The predicted molar refractivity (Wildman–Crippen MR) is 114 cm³/mol. The minimum Gasteiger partial charge on any atom is -0.454 e. The van der Waals surface area contributed by atoms with E-state index in [1.54, 1.807) is 4.90 Å². The highest BCUT2D eigenvalue weighted by atomic mass is 16.7. The van der Waals surface area contributed by atoms with Gasteiger partial charge in [-0.2, -0.15) is 0 Å². The number of hydrogen-bond acceptors (Lipinski definition) is 4. The Bertz CT molecular complexity index is 893. The van der Waals surface area contributed by atoms with Crippen molar-refractivity contribution in [3.05, 3.63) is 48.2 Å². The van der Waals surface area contributed by atoms with Crippen molar-refractivity contribution in [2.75, 3.05) is 70.6 Å². The molecule has 3 aliphatic heterocycles. The molecular weight excluding hydrogens is 394 g/mol. The number of ether oxygens (including phenoxy) is 2. The number of nitrogens with zero attached hydrogens (tertiary/aromatic N) is 2. The zero-order valence-electron chi connectivity index (χ0n) is 17.9. The molecule has 0 unspecified atom stereocenters. The average molecular weight is 427 g/mol. The number of carbonyl (C=O) groups excluding carboxylic acids is 1. The molecule has 3 aliphatic rings. The van der Waals surface area contributed by atoms with Crippen molar-refractivity contribution < 1.29 is 29.1 Å². The Kier molecular flexibility index (Phi) is 5.90.